The third-order valence-corrected chi connectivity index (χ3v) is 6.38. The Balaban J connectivity index is 1.37. The van der Waals surface area contributed by atoms with E-state index in [1.165, 1.54) is 43.5 Å². The largest absolute Gasteiger partial charge is 0.346 e. The molecule has 2 aromatic heterocycles. The van der Waals surface area contributed by atoms with Gasteiger partial charge in [-0.25, -0.2) is 4.98 Å². The van der Waals surface area contributed by atoms with Crippen LogP contribution in [-0.2, 0) is 6.54 Å². The summed E-state index contributed by atoms with van der Waals surface area (Å²) < 4.78 is 0. The maximum absolute atomic E-state index is 4.75. The first-order valence-corrected chi connectivity index (χ1v) is 12.2. The van der Waals surface area contributed by atoms with E-state index in [2.05, 4.69) is 88.3 Å². The van der Waals surface area contributed by atoms with Gasteiger partial charge in [-0.1, -0.05) is 56.5 Å². The maximum Gasteiger partial charge on any atom is 0.230 e. The summed E-state index contributed by atoms with van der Waals surface area (Å²) in [5.74, 6) is 7.60. The van der Waals surface area contributed by atoms with Gasteiger partial charge >= 0.3 is 0 Å². The summed E-state index contributed by atoms with van der Waals surface area (Å²) >= 11 is 0. The first-order chi connectivity index (χ1) is 16.7. The number of hydrogen-bond acceptors (Lipinski definition) is 4. The highest BCUT2D eigenvalue weighted by Gasteiger charge is 2.11. The van der Waals surface area contributed by atoms with Crippen LogP contribution in [0.1, 0.15) is 61.4 Å². The summed E-state index contributed by atoms with van der Waals surface area (Å²) in [4.78, 5) is 15.1. The van der Waals surface area contributed by atoms with Crippen LogP contribution in [0.3, 0.4) is 0 Å². The fourth-order valence-corrected chi connectivity index (χ4v) is 4.53. The van der Waals surface area contributed by atoms with Crippen LogP contribution < -0.4 is 5.32 Å². The molecule has 5 rings (SSSR count). The lowest BCUT2D eigenvalue weighted by Crippen LogP contribution is -2.29. The van der Waals surface area contributed by atoms with E-state index < -0.39 is 0 Å². The minimum absolute atomic E-state index is 0.415. The number of likely N-dealkylation sites (tertiary alicyclic amines) is 1. The summed E-state index contributed by atoms with van der Waals surface area (Å²) in [5, 5.41) is 4.29. The molecular weight excluding hydrogens is 418 g/mol. The Morgan fingerprint density at radius 1 is 0.941 bits per heavy atom. The van der Waals surface area contributed by atoms with Gasteiger partial charge in [-0.2, -0.15) is 4.98 Å². The number of hydrogen-bond donors (Lipinski definition) is 2. The second-order valence-corrected chi connectivity index (χ2v) is 9.29. The smallest absolute Gasteiger partial charge is 0.230 e. The second kappa shape index (κ2) is 10.1. The molecule has 0 radical (unpaired) electrons. The first kappa shape index (κ1) is 22.2. The fourth-order valence-electron chi connectivity index (χ4n) is 4.53. The van der Waals surface area contributed by atoms with Gasteiger partial charge in [-0.15, -0.1) is 0 Å². The van der Waals surface area contributed by atoms with Crippen LogP contribution >= 0.6 is 0 Å². The Hall–Kier alpha value is -3.62. The second-order valence-electron chi connectivity index (χ2n) is 9.29. The van der Waals surface area contributed by atoms with Gasteiger partial charge in [0, 0.05) is 24.0 Å². The predicted octanol–water partition coefficient (Wildman–Crippen LogP) is 6.21. The lowest BCUT2D eigenvalue weighted by atomic mass is 9.97. The number of anilines is 2. The molecule has 172 valence electrons. The number of aromatic amines is 1. The molecule has 0 aliphatic carbocycles. The fraction of sp³-hybridized carbons (Fsp3) is 0.310. The first-order valence-electron chi connectivity index (χ1n) is 12.2. The van der Waals surface area contributed by atoms with Gasteiger partial charge in [-0.05, 0) is 73.2 Å². The van der Waals surface area contributed by atoms with Crippen LogP contribution in [0.4, 0.5) is 11.6 Å². The number of piperidine rings is 1. The minimum atomic E-state index is 0.415. The minimum Gasteiger partial charge on any atom is -0.346 e. The maximum atomic E-state index is 4.75. The van der Waals surface area contributed by atoms with E-state index in [-0.39, 0.29) is 0 Å². The van der Waals surface area contributed by atoms with Gasteiger partial charge < -0.3 is 10.3 Å². The van der Waals surface area contributed by atoms with Crippen molar-refractivity contribution in [3.05, 3.63) is 83.2 Å². The van der Waals surface area contributed by atoms with Crippen molar-refractivity contribution in [2.24, 2.45) is 0 Å². The quantitative estimate of drug-likeness (QED) is 0.356. The monoisotopic (exact) mass is 449 g/mol. The molecule has 4 aromatic rings. The Bertz CT molecular complexity index is 1320. The van der Waals surface area contributed by atoms with Crippen molar-refractivity contribution >= 4 is 22.7 Å². The van der Waals surface area contributed by atoms with Crippen LogP contribution in [0.25, 0.3) is 11.0 Å². The molecular formula is C29H31N5. The molecule has 0 saturated carbocycles. The molecule has 1 aliphatic heterocycles. The van der Waals surface area contributed by atoms with Crippen molar-refractivity contribution in [1.82, 2.24) is 19.9 Å². The van der Waals surface area contributed by atoms with Crippen molar-refractivity contribution in [2.45, 2.75) is 45.6 Å². The van der Waals surface area contributed by atoms with Gasteiger partial charge in [-0.3, -0.25) is 4.90 Å². The molecule has 3 heterocycles. The summed E-state index contributed by atoms with van der Waals surface area (Å²) in [6.45, 7) is 7.80. The number of H-pyrrole nitrogens is 1. The van der Waals surface area contributed by atoms with Crippen molar-refractivity contribution < 1.29 is 0 Å². The summed E-state index contributed by atoms with van der Waals surface area (Å²) in [6.07, 6.45) is 5.87. The summed E-state index contributed by atoms with van der Waals surface area (Å²) in [6, 6.07) is 18.9. The predicted molar refractivity (Wildman–Crippen MR) is 139 cm³/mol. The average Bonchev–Trinajstić information content (AvgIpc) is 3.33. The van der Waals surface area contributed by atoms with E-state index in [0.29, 0.717) is 17.6 Å². The molecule has 2 N–H and O–H groups in total. The van der Waals surface area contributed by atoms with Gasteiger partial charge in [0.1, 0.15) is 11.3 Å². The molecule has 0 atom stereocenters. The molecule has 0 spiro atoms. The summed E-state index contributed by atoms with van der Waals surface area (Å²) in [5.41, 5.74) is 6.09. The number of fused-ring (bicyclic) bond motifs is 1. The van der Waals surface area contributed by atoms with Crippen molar-refractivity contribution in [3.63, 3.8) is 0 Å². The van der Waals surface area contributed by atoms with Gasteiger partial charge in [0.25, 0.3) is 0 Å². The molecule has 1 fully saturated rings. The molecule has 34 heavy (non-hydrogen) atoms. The van der Waals surface area contributed by atoms with Crippen LogP contribution in [-0.4, -0.2) is 32.9 Å². The Labute approximate surface area is 201 Å². The molecule has 1 aliphatic rings. The van der Waals surface area contributed by atoms with Crippen LogP contribution in [0.2, 0.25) is 0 Å². The average molecular weight is 450 g/mol. The number of rotatable bonds is 5. The lowest BCUT2D eigenvalue weighted by Gasteiger charge is -2.26. The van der Waals surface area contributed by atoms with E-state index in [0.717, 1.165) is 28.8 Å². The molecule has 5 heteroatoms. The number of nitrogens with zero attached hydrogens (tertiary/aromatic N) is 3. The molecule has 5 nitrogen and oxygen atoms in total. The topological polar surface area (TPSA) is 56.8 Å². The van der Waals surface area contributed by atoms with Crippen molar-refractivity contribution in [3.8, 4) is 11.8 Å². The Kier molecular flexibility index (Phi) is 6.60. The Morgan fingerprint density at radius 2 is 1.74 bits per heavy atom. The number of nitrogens with one attached hydrogen (secondary N) is 2. The van der Waals surface area contributed by atoms with Crippen molar-refractivity contribution in [1.29, 1.82) is 0 Å². The molecule has 2 aromatic carbocycles. The highest BCUT2D eigenvalue weighted by molar-refractivity contribution is 5.82. The van der Waals surface area contributed by atoms with Crippen LogP contribution in [0.5, 0.6) is 0 Å². The Morgan fingerprint density at radius 3 is 2.53 bits per heavy atom. The van der Waals surface area contributed by atoms with E-state index in [4.69, 9.17) is 4.98 Å². The molecule has 0 amide bonds. The third-order valence-electron chi connectivity index (χ3n) is 6.38. The third kappa shape index (κ3) is 5.13. The van der Waals surface area contributed by atoms with Crippen LogP contribution in [0, 0.1) is 11.8 Å². The van der Waals surface area contributed by atoms with E-state index >= 15 is 0 Å². The van der Waals surface area contributed by atoms with Gasteiger partial charge in [0.2, 0.25) is 5.95 Å². The SMILES string of the molecule is CC(C)c1ccccc1C#Cc1nc(Nc2ccc(CN3CCCCC3)cc2)nc2[nH]ccc12. The number of benzene rings is 2. The summed E-state index contributed by atoms with van der Waals surface area (Å²) in [7, 11) is 0. The standard InChI is InChI=1S/C29H31N5/c1-21(2)25-9-5-4-8-23(25)12-15-27-26-16-17-30-28(26)33-29(32-27)31-24-13-10-22(11-14-24)20-34-18-6-3-7-19-34/h4-5,8-11,13-14,16-17,21H,3,6-7,18-20H2,1-2H3,(H2,30,31,32,33). The number of aromatic nitrogens is 3. The highest BCUT2D eigenvalue weighted by atomic mass is 15.1. The zero-order valence-corrected chi connectivity index (χ0v) is 19.9. The highest BCUT2D eigenvalue weighted by Crippen LogP contribution is 2.22. The normalized spacial score (nSPS) is 14.2. The van der Waals surface area contributed by atoms with E-state index in [1.54, 1.807) is 0 Å². The lowest BCUT2D eigenvalue weighted by molar-refractivity contribution is 0.221. The molecule has 1 saturated heterocycles. The van der Waals surface area contributed by atoms with Gasteiger partial charge in [0.05, 0.1) is 5.39 Å². The van der Waals surface area contributed by atoms with Crippen molar-refractivity contribution in [2.75, 3.05) is 18.4 Å². The molecule has 0 unspecified atom stereocenters. The van der Waals surface area contributed by atoms with E-state index in [1.807, 2.05) is 18.3 Å². The van der Waals surface area contributed by atoms with Crippen LogP contribution in [0.15, 0.2) is 60.8 Å². The molecule has 0 bridgehead atoms. The van der Waals surface area contributed by atoms with Gasteiger partial charge in [0.15, 0.2) is 0 Å². The zero-order chi connectivity index (χ0) is 23.3. The van der Waals surface area contributed by atoms with E-state index in [9.17, 15) is 0 Å². The zero-order valence-electron chi connectivity index (χ0n) is 19.9.